The summed E-state index contributed by atoms with van der Waals surface area (Å²) in [7, 11) is 0. The maximum absolute atomic E-state index is 5.85. The molecule has 7 heteroatoms. The van der Waals surface area contributed by atoms with Crippen molar-refractivity contribution in [1.82, 2.24) is 19.7 Å². The summed E-state index contributed by atoms with van der Waals surface area (Å²) >= 11 is 1.23. The Kier molecular flexibility index (Phi) is 2.28. The Bertz CT molecular complexity index is 469. The minimum absolute atomic E-state index is 0.427. The van der Waals surface area contributed by atoms with E-state index >= 15 is 0 Å². The molecule has 2 N–H and O–H groups in total. The van der Waals surface area contributed by atoms with Gasteiger partial charge in [0.05, 0.1) is 11.2 Å². The van der Waals surface area contributed by atoms with Crippen molar-refractivity contribution >= 4 is 11.5 Å². The van der Waals surface area contributed by atoms with Crippen molar-refractivity contribution in [3.8, 4) is 10.8 Å². The number of aromatic nitrogens is 4. The summed E-state index contributed by atoms with van der Waals surface area (Å²) in [5.74, 6) is 0.904. The van der Waals surface area contributed by atoms with Crippen molar-refractivity contribution in [2.24, 2.45) is 5.73 Å². The Balaban J connectivity index is 2.41. The highest BCUT2D eigenvalue weighted by Gasteiger charge is 2.23. The normalized spacial score (nSPS) is 12.0. The SMILES string of the molecule is Cc1nnsc1-c1nc(C(C)(C)N)no1. The van der Waals surface area contributed by atoms with Crippen molar-refractivity contribution in [2.75, 3.05) is 0 Å². The van der Waals surface area contributed by atoms with Gasteiger partial charge in [0, 0.05) is 0 Å². The van der Waals surface area contributed by atoms with Crippen molar-refractivity contribution in [3.63, 3.8) is 0 Å². The second kappa shape index (κ2) is 3.35. The highest BCUT2D eigenvalue weighted by atomic mass is 32.1. The van der Waals surface area contributed by atoms with E-state index < -0.39 is 5.54 Å². The molecular weight excluding hydrogens is 214 g/mol. The van der Waals surface area contributed by atoms with Gasteiger partial charge in [0.1, 0.15) is 4.88 Å². The fourth-order valence-electron chi connectivity index (χ4n) is 1.01. The van der Waals surface area contributed by atoms with Crippen LogP contribution in [0, 0.1) is 6.92 Å². The van der Waals surface area contributed by atoms with Crippen molar-refractivity contribution < 1.29 is 4.52 Å². The molecular formula is C8H11N5OS. The van der Waals surface area contributed by atoms with Gasteiger partial charge in [0.25, 0.3) is 5.89 Å². The molecule has 0 amide bonds. The topological polar surface area (TPSA) is 90.7 Å². The highest BCUT2D eigenvalue weighted by molar-refractivity contribution is 7.09. The monoisotopic (exact) mass is 225 g/mol. The lowest BCUT2D eigenvalue weighted by Gasteiger charge is -2.11. The summed E-state index contributed by atoms with van der Waals surface area (Å²) < 4.78 is 8.91. The van der Waals surface area contributed by atoms with Gasteiger partial charge in [-0.25, -0.2) is 0 Å². The highest BCUT2D eigenvalue weighted by Crippen LogP contribution is 2.25. The van der Waals surface area contributed by atoms with Gasteiger partial charge in [0.2, 0.25) is 0 Å². The zero-order valence-electron chi connectivity index (χ0n) is 8.68. The van der Waals surface area contributed by atoms with E-state index in [1.807, 2.05) is 20.8 Å². The fourth-order valence-corrected chi connectivity index (χ4v) is 1.58. The molecule has 0 radical (unpaired) electrons. The van der Waals surface area contributed by atoms with Gasteiger partial charge in [0.15, 0.2) is 5.82 Å². The van der Waals surface area contributed by atoms with E-state index in [4.69, 9.17) is 10.3 Å². The smallest absolute Gasteiger partial charge is 0.271 e. The molecule has 2 aromatic heterocycles. The summed E-state index contributed by atoms with van der Waals surface area (Å²) in [4.78, 5) is 5.00. The molecule has 0 saturated carbocycles. The van der Waals surface area contributed by atoms with Crippen molar-refractivity contribution in [2.45, 2.75) is 26.3 Å². The van der Waals surface area contributed by atoms with E-state index in [9.17, 15) is 0 Å². The molecule has 0 atom stereocenters. The maximum atomic E-state index is 5.85. The van der Waals surface area contributed by atoms with Gasteiger partial charge in [-0.1, -0.05) is 9.64 Å². The largest absolute Gasteiger partial charge is 0.333 e. The molecule has 80 valence electrons. The second-order valence-corrected chi connectivity index (χ2v) is 4.59. The molecule has 0 saturated heterocycles. The molecule has 0 bridgehead atoms. The predicted octanol–water partition coefficient (Wildman–Crippen LogP) is 1.09. The average Bonchev–Trinajstić information content (AvgIpc) is 2.69. The predicted molar refractivity (Wildman–Crippen MR) is 55.2 cm³/mol. The lowest BCUT2D eigenvalue weighted by Crippen LogP contribution is -2.30. The maximum Gasteiger partial charge on any atom is 0.271 e. The molecule has 15 heavy (non-hydrogen) atoms. The van der Waals surface area contributed by atoms with E-state index in [1.165, 1.54) is 11.5 Å². The third-order valence-electron chi connectivity index (χ3n) is 1.85. The molecule has 2 heterocycles. The van der Waals surface area contributed by atoms with Crippen LogP contribution in [0.25, 0.3) is 10.8 Å². The van der Waals surface area contributed by atoms with E-state index in [-0.39, 0.29) is 0 Å². The molecule has 2 aromatic rings. The molecule has 0 fully saturated rings. The summed E-state index contributed by atoms with van der Waals surface area (Å²) in [6, 6.07) is 0. The zero-order chi connectivity index (χ0) is 11.1. The van der Waals surface area contributed by atoms with Crippen LogP contribution in [-0.2, 0) is 5.54 Å². The first-order valence-corrected chi connectivity index (χ1v) is 5.18. The Morgan fingerprint density at radius 3 is 2.60 bits per heavy atom. The second-order valence-electron chi connectivity index (χ2n) is 3.83. The first-order valence-electron chi connectivity index (χ1n) is 4.41. The lowest BCUT2D eigenvalue weighted by molar-refractivity contribution is 0.397. The van der Waals surface area contributed by atoms with Crippen LogP contribution in [-0.4, -0.2) is 19.7 Å². The Labute approximate surface area is 90.7 Å². The molecule has 0 aromatic carbocycles. The van der Waals surface area contributed by atoms with Crippen LogP contribution in [0.4, 0.5) is 0 Å². The van der Waals surface area contributed by atoms with E-state index in [1.54, 1.807) is 0 Å². The summed E-state index contributed by atoms with van der Waals surface area (Å²) in [6.45, 7) is 5.48. The first-order chi connectivity index (χ1) is 6.98. The third kappa shape index (κ3) is 1.88. The van der Waals surface area contributed by atoms with Crippen LogP contribution in [0.15, 0.2) is 4.52 Å². The zero-order valence-corrected chi connectivity index (χ0v) is 9.50. The number of nitrogens with two attached hydrogens (primary N) is 1. The number of aryl methyl sites for hydroxylation is 1. The standard InChI is InChI=1S/C8H11N5OS/c1-4-5(15-13-11-4)6-10-7(12-14-6)8(2,3)9/h9H2,1-3H3. The first kappa shape index (κ1) is 10.2. The number of hydrogen-bond acceptors (Lipinski definition) is 7. The van der Waals surface area contributed by atoms with Gasteiger partial charge in [-0.3, -0.25) is 0 Å². The molecule has 2 rings (SSSR count). The van der Waals surface area contributed by atoms with Gasteiger partial charge < -0.3 is 10.3 Å². The fraction of sp³-hybridized carbons (Fsp3) is 0.500. The Morgan fingerprint density at radius 1 is 1.40 bits per heavy atom. The van der Waals surface area contributed by atoms with E-state index in [2.05, 4.69) is 19.7 Å². The van der Waals surface area contributed by atoms with E-state index in [0.29, 0.717) is 11.7 Å². The molecule has 0 unspecified atom stereocenters. The molecule has 0 spiro atoms. The number of rotatable bonds is 2. The van der Waals surface area contributed by atoms with Crippen molar-refractivity contribution in [3.05, 3.63) is 11.5 Å². The van der Waals surface area contributed by atoms with E-state index in [0.717, 1.165) is 10.6 Å². The number of hydrogen-bond donors (Lipinski definition) is 1. The minimum atomic E-state index is -0.603. The summed E-state index contributed by atoms with van der Waals surface area (Å²) in [5, 5.41) is 7.70. The Morgan fingerprint density at radius 2 is 2.13 bits per heavy atom. The van der Waals surface area contributed by atoms with Crippen molar-refractivity contribution in [1.29, 1.82) is 0 Å². The average molecular weight is 225 g/mol. The van der Waals surface area contributed by atoms with Crippen LogP contribution < -0.4 is 5.73 Å². The third-order valence-corrected chi connectivity index (χ3v) is 2.66. The molecule has 6 nitrogen and oxygen atoms in total. The minimum Gasteiger partial charge on any atom is -0.333 e. The quantitative estimate of drug-likeness (QED) is 0.822. The van der Waals surface area contributed by atoms with Gasteiger partial charge in [-0.2, -0.15) is 4.98 Å². The van der Waals surface area contributed by atoms with Crippen LogP contribution in [0.5, 0.6) is 0 Å². The Hall–Kier alpha value is -1.34. The molecule has 0 aliphatic carbocycles. The summed E-state index contributed by atoms with van der Waals surface area (Å²) in [5.41, 5.74) is 6.03. The molecule has 0 aliphatic heterocycles. The van der Waals surface area contributed by atoms with Crippen LogP contribution in [0.1, 0.15) is 25.4 Å². The summed E-state index contributed by atoms with van der Waals surface area (Å²) in [6.07, 6.45) is 0. The van der Waals surface area contributed by atoms with Crippen LogP contribution in [0.2, 0.25) is 0 Å². The van der Waals surface area contributed by atoms with Gasteiger partial charge >= 0.3 is 0 Å². The number of nitrogens with zero attached hydrogens (tertiary/aromatic N) is 4. The van der Waals surface area contributed by atoms with Gasteiger partial charge in [-0.05, 0) is 32.3 Å². The molecule has 0 aliphatic rings. The van der Waals surface area contributed by atoms with Crippen LogP contribution in [0.3, 0.4) is 0 Å². The van der Waals surface area contributed by atoms with Crippen LogP contribution >= 0.6 is 11.5 Å². The lowest BCUT2D eigenvalue weighted by atomic mass is 10.1. The van der Waals surface area contributed by atoms with Gasteiger partial charge in [-0.15, -0.1) is 5.10 Å².